The van der Waals surface area contributed by atoms with E-state index in [0.717, 1.165) is 71.7 Å². The van der Waals surface area contributed by atoms with E-state index in [1.807, 2.05) is 81.6 Å². The summed E-state index contributed by atoms with van der Waals surface area (Å²) in [5, 5.41) is 5.34. The molecule has 5 N–H and O–H groups in total. The molecule has 0 amide bonds. The number of methoxy groups -OCH3 is 2. The van der Waals surface area contributed by atoms with Crippen LogP contribution in [0.5, 0.6) is 28.9 Å². The highest BCUT2D eigenvalue weighted by atomic mass is 35.5. The van der Waals surface area contributed by atoms with Crippen LogP contribution in [0.25, 0.3) is 22.3 Å². The maximum atomic E-state index is 6.29. The molecule has 7 aromatic carbocycles. The number of halogens is 4. The largest absolute Gasteiger partial charge is 0.490 e. The van der Waals surface area contributed by atoms with Crippen molar-refractivity contribution in [1.82, 2.24) is 10.3 Å². The summed E-state index contributed by atoms with van der Waals surface area (Å²) in [5.41, 5.74) is 30.0. The lowest BCUT2D eigenvalue weighted by molar-refractivity contribution is 0.195. The van der Waals surface area contributed by atoms with E-state index in [0.29, 0.717) is 83.6 Å². The molecule has 84 heavy (non-hydrogen) atoms. The zero-order valence-electron chi connectivity index (χ0n) is 49.3. The Morgan fingerprint density at radius 1 is 0.548 bits per heavy atom. The highest BCUT2D eigenvalue weighted by Gasteiger charge is 2.19. The molecule has 8 rings (SSSR count). The van der Waals surface area contributed by atoms with E-state index in [2.05, 4.69) is 116 Å². The summed E-state index contributed by atoms with van der Waals surface area (Å²) in [6.45, 7) is 18.1. The van der Waals surface area contributed by atoms with Gasteiger partial charge in [0, 0.05) is 55.6 Å². The van der Waals surface area contributed by atoms with Crippen LogP contribution >= 0.6 is 46.4 Å². The quantitative estimate of drug-likeness (QED) is 0.0407. The summed E-state index contributed by atoms with van der Waals surface area (Å²) in [6.07, 6.45) is 5.40. The molecule has 442 valence electrons. The maximum Gasteiger partial charge on any atom is 0.213 e. The molecule has 0 aliphatic heterocycles. The van der Waals surface area contributed by atoms with Crippen molar-refractivity contribution >= 4 is 46.4 Å². The Labute approximate surface area is 517 Å². The molecule has 2 unspecified atom stereocenters. The molecule has 0 fully saturated rings. The first-order chi connectivity index (χ1) is 40.6. The maximum absolute atomic E-state index is 6.29. The Hall–Kier alpha value is -6.73. The first-order valence-electron chi connectivity index (χ1n) is 28.3. The SMILES string of the molecule is C=C(C)NCc1ccccc1-c1ccc(C(CN)Cc2ccc(OCCOc3c(Cl)cc(C)cc3Cl)cc2)c(C)c1.COCCCc1cc(OC)ncc1-c1ccc(C(CN)Cc2ccc(OCCOc3c(Cl)cc(C)cc3Cl)cc2)c(C)c1. The molecule has 0 radical (unpaired) electrons. The van der Waals surface area contributed by atoms with Gasteiger partial charge in [-0.2, -0.15) is 0 Å². The van der Waals surface area contributed by atoms with E-state index in [-0.39, 0.29) is 11.8 Å². The molecule has 2 atom stereocenters. The minimum absolute atomic E-state index is 0.188. The van der Waals surface area contributed by atoms with Crippen molar-refractivity contribution < 1.29 is 28.4 Å². The molecule has 1 heterocycles. The predicted molar refractivity (Wildman–Crippen MR) is 348 cm³/mol. The molecule has 0 saturated carbocycles. The normalized spacial score (nSPS) is 11.7. The summed E-state index contributed by atoms with van der Waals surface area (Å²) in [5.74, 6) is 3.54. The summed E-state index contributed by atoms with van der Waals surface area (Å²) < 4.78 is 33.9. The van der Waals surface area contributed by atoms with Crippen LogP contribution < -0.4 is 40.5 Å². The average molecular weight is 1210 g/mol. The number of aromatic nitrogens is 1. The molecule has 8 aromatic rings. The minimum atomic E-state index is 0.188. The Bertz CT molecular complexity index is 3380. The van der Waals surface area contributed by atoms with Gasteiger partial charge in [0.05, 0.1) is 27.2 Å². The Morgan fingerprint density at radius 3 is 1.45 bits per heavy atom. The second-order valence-electron chi connectivity index (χ2n) is 21.0. The van der Waals surface area contributed by atoms with Crippen molar-refractivity contribution in [3.8, 4) is 51.1 Å². The number of allylic oxidation sites excluding steroid dienone is 1. The molecule has 1 aromatic heterocycles. The molecular weight excluding hydrogens is 1130 g/mol. The van der Waals surface area contributed by atoms with Crippen LogP contribution in [0, 0.1) is 27.7 Å². The fourth-order valence-electron chi connectivity index (χ4n) is 10.2. The van der Waals surface area contributed by atoms with Crippen LogP contribution in [0.4, 0.5) is 0 Å². The van der Waals surface area contributed by atoms with Crippen molar-refractivity contribution in [2.24, 2.45) is 11.5 Å². The van der Waals surface area contributed by atoms with Crippen LogP contribution in [-0.4, -0.2) is 65.3 Å². The van der Waals surface area contributed by atoms with E-state index >= 15 is 0 Å². The molecular formula is C70H78Cl4N4O6. The summed E-state index contributed by atoms with van der Waals surface area (Å²) >= 11 is 25.0. The van der Waals surface area contributed by atoms with Crippen LogP contribution in [0.1, 0.15) is 80.8 Å². The van der Waals surface area contributed by atoms with E-state index < -0.39 is 0 Å². The Balaban J connectivity index is 0.000000241. The molecule has 0 spiro atoms. The molecule has 0 aliphatic carbocycles. The number of ether oxygens (including phenoxy) is 6. The highest BCUT2D eigenvalue weighted by Crippen LogP contribution is 2.37. The summed E-state index contributed by atoms with van der Waals surface area (Å²) in [7, 11) is 3.37. The third-order valence-corrected chi connectivity index (χ3v) is 15.6. The van der Waals surface area contributed by atoms with Gasteiger partial charge in [-0.05, 0) is 194 Å². The standard InChI is InChI=1S/C35H40Cl2N2O4.C35H38Cl2N2O2/c1-23-16-32(36)35(33(37)17-23)43-15-14-42-29-10-7-25(8-11-29)19-28(21-38)30-12-9-27(18-24(30)2)31-22-39-34(41-4)20-26(31)6-5-13-40-3;1-23(2)39-22-28-7-5-6-8-32(28)27-11-14-31(25(4)19-27)29(21-38)20-26-9-12-30(13-10-26)40-15-16-41-35-33(36)17-24(3)18-34(35)37/h7-12,16-18,20,22,28H,5-6,13-15,19,21,38H2,1-4H3;5-14,17-19,29,39H,1,15-16,20-22,38H2,2-4H3. The number of nitrogens with zero attached hydrogens (tertiary/aromatic N) is 1. The number of rotatable bonds is 28. The Morgan fingerprint density at radius 2 is 1.01 bits per heavy atom. The fraction of sp³-hybridized carbons (Fsp3) is 0.300. The first kappa shape index (κ1) is 64.8. The van der Waals surface area contributed by atoms with Crippen molar-refractivity contribution in [1.29, 1.82) is 0 Å². The van der Waals surface area contributed by atoms with Gasteiger partial charge in [0.2, 0.25) is 5.88 Å². The lowest BCUT2D eigenvalue weighted by atomic mass is 9.87. The van der Waals surface area contributed by atoms with Gasteiger partial charge < -0.3 is 45.2 Å². The predicted octanol–water partition coefficient (Wildman–Crippen LogP) is 16.6. The average Bonchev–Trinajstić information content (AvgIpc) is 3.57. The Kier molecular flexibility index (Phi) is 25.1. The minimum Gasteiger partial charge on any atom is -0.490 e. The second-order valence-corrected chi connectivity index (χ2v) is 22.6. The number of pyridine rings is 1. The number of aryl methyl sites for hydroxylation is 5. The van der Waals surface area contributed by atoms with Crippen LogP contribution in [0.2, 0.25) is 20.1 Å². The van der Waals surface area contributed by atoms with Crippen molar-refractivity contribution in [3.63, 3.8) is 0 Å². The lowest BCUT2D eigenvalue weighted by Crippen LogP contribution is -2.16. The zero-order valence-corrected chi connectivity index (χ0v) is 52.3. The van der Waals surface area contributed by atoms with E-state index in [4.69, 9.17) is 86.3 Å². The lowest BCUT2D eigenvalue weighted by Gasteiger charge is -2.20. The molecule has 0 bridgehead atoms. The monoisotopic (exact) mass is 1210 g/mol. The molecule has 0 saturated heterocycles. The fourth-order valence-corrected chi connectivity index (χ4v) is 11.6. The van der Waals surface area contributed by atoms with Gasteiger partial charge in [-0.15, -0.1) is 0 Å². The summed E-state index contributed by atoms with van der Waals surface area (Å²) in [6, 6.07) is 47.4. The van der Waals surface area contributed by atoms with Crippen LogP contribution in [-0.2, 0) is 30.5 Å². The van der Waals surface area contributed by atoms with Crippen molar-refractivity contribution in [2.45, 2.75) is 78.7 Å². The third-order valence-electron chi connectivity index (χ3n) is 14.5. The van der Waals surface area contributed by atoms with E-state index in [9.17, 15) is 0 Å². The van der Waals surface area contributed by atoms with Crippen LogP contribution in [0.15, 0.2) is 158 Å². The first-order valence-corrected chi connectivity index (χ1v) is 29.8. The van der Waals surface area contributed by atoms with E-state index in [1.165, 1.54) is 55.6 Å². The van der Waals surface area contributed by atoms with Gasteiger partial charge in [-0.1, -0.05) is 138 Å². The second kappa shape index (κ2) is 32.5. The smallest absolute Gasteiger partial charge is 0.213 e. The topological polar surface area (TPSA) is 132 Å². The number of nitrogens with one attached hydrogen (secondary N) is 1. The number of hydrogen-bond donors (Lipinski definition) is 3. The van der Waals surface area contributed by atoms with Gasteiger partial charge in [-0.3, -0.25) is 0 Å². The zero-order chi connectivity index (χ0) is 60.1. The number of benzene rings is 7. The van der Waals surface area contributed by atoms with Gasteiger partial charge in [0.25, 0.3) is 0 Å². The van der Waals surface area contributed by atoms with Gasteiger partial charge >= 0.3 is 0 Å². The van der Waals surface area contributed by atoms with Crippen molar-refractivity contribution in [3.05, 3.63) is 234 Å². The van der Waals surface area contributed by atoms with Crippen molar-refractivity contribution in [2.75, 3.05) is 60.3 Å². The van der Waals surface area contributed by atoms with Gasteiger partial charge in [-0.25, -0.2) is 4.98 Å². The van der Waals surface area contributed by atoms with Crippen LogP contribution in [0.3, 0.4) is 0 Å². The van der Waals surface area contributed by atoms with E-state index in [1.54, 1.807) is 14.2 Å². The number of nitrogens with two attached hydrogens (primary N) is 2. The highest BCUT2D eigenvalue weighted by molar-refractivity contribution is 6.37. The molecule has 14 heteroatoms. The van der Waals surface area contributed by atoms with Gasteiger partial charge in [0.15, 0.2) is 11.5 Å². The molecule has 0 aliphatic rings. The van der Waals surface area contributed by atoms with Gasteiger partial charge in [0.1, 0.15) is 37.9 Å². The molecule has 10 nitrogen and oxygen atoms in total. The summed E-state index contributed by atoms with van der Waals surface area (Å²) in [4.78, 5) is 4.47. The number of hydrogen-bond acceptors (Lipinski definition) is 10. The third kappa shape index (κ3) is 18.6.